The molecule has 1 aromatic heterocycles. The fourth-order valence-corrected chi connectivity index (χ4v) is 3.76. The summed E-state index contributed by atoms with van der Waals surface area (Å²) in [4.78, 5) is 24.7. The summed E-state index contributed by atoms with van der Waals surface area (Å²) in [5, 5.41) is 3.77. The Balaban J connectivity index is 1.54. The minimum absolute atomic E-state index is 0.153. The molecule has 4 rings (SSSR count). The number of nitrogens with one attached hydrogen (secondary N) is 1. The van der Waals surface area contributed by atoms with Crippen LogP contribution in [0.15, 0.2) is 82.0 Å². The molecule has 1 amide bonds. The van der Waals surface area contributed by atoms with Gasteiger partial charge >= 0.3 is 5.63 Å². The highest BCUT2D eigenvalue weighted by Gasteiger charge is 2.13. The van der Waals surface area contributed by atoms with Gasteiger partial charge in [0.25, 0.3) is 5.91 Å². The number of aryl methyl sites for hydroxylation is 1. The van der Waals surface area contributed by atoms with Crippen LogP contribution in [0.2, 0.25) is 0 Å². The molecule has 0 spiro atoms. The van der Waals surface area contributed by atoms with E-state index in [2.05, 4.69) is 19.2 Å². The normalized spacial score (nSPS) is 11.0. The minimum Gasteiger partial charge on any atom is -0.484 e. The molecule has 0 atom stereocenters. The Labute approximate surface area is 186 Å². The molecule has 0 unspecified atom stereocenters. The highest BCUT2D eigenvalue weighted by atomic mass is 16.5. The van der Waals surface area contributed by atoms with Crippen LogP contribution in [0, 0.1) is 6.92 Å². The number of amides is 1. The molecule has 0 aliphatic rings. The van der Waals surface area contributed by atoms with Crippen molar-refractivity contribution < 1.29 is 13.9 Å². The van der Waals surface area contributed by atoms with Crippen LogP contribution in [0.5, 0.6) is 5.75 Å². The van der Waals surface area contributed by atoms with E-state index in [0.717, 1.165) is 33.3 Å². The lowest BCUT2D eigenvalue weighted by molar-refractivity contribution is -0.118. The van der Waals surface area contributed by atoms with Crippen molar-refractivity contribution in [1.82, 2.24) is 0 Å². The van der Waals surface area contributed by atoms with Gasteiger partial charge in [-0.3, -0.25) is 4.79 Å². The van der Waals surface area contributed by atoms with Gasteiger partial charge in [-0.1, -0.05) is 62.4 Å². The van der Waals surface area contributed by atoms with Crippen LogP contribution in [0.1, 0.15) is 30.9 Å². The summed E-state index contributed by atoms with van der Waals surface area (Å²) in [5.74, 6) is 0.490. The Morgan fingerprint density at radius 2 is 1.78 bits per heavy atom. The molecule has 0 saturated carbocycles. The predicted octanol–water partition coefficient (Wildman–Crippen LogP) is 5.91. The molecule has 0 saturated heterocycles. The molecule has 0 aliphatic heterocycles. The second-order valence-corrected chi connectivity index (χ2v) is 8.03. The van der Waals surface area contributed by atoms with Gasteiger partial charge in [-0.15, -0.1) is 0 Å². The predicted molar refractivity (Wildman–Crippen MR) is 127 cm³/mol. The molecule has 5 nitrogen and oxygen atoms in total. The van der Waals surface area contributed by atoms with Crippen LogP contribution in [0.4, 0.5) is 5.69 Å². The van der Waals surface area contributed by atoms with E-state index in [-0.39, 0.29) is 18.4 Å². The molecule has 0 bridgehead atoms. The molecular formula is C27H25NO4. The summed E-state index contributed by atoms with van der Waals surface area (Å²) >= 11 is 0. The second kappa shape index (κ2) is 9.10. The van der Waals surface area contributed by atoms with Crippen molar-refractivity contribution in [3.63, 3.8) is 0 Å². The maximum atomic E-state index is 12.6. The average Bonchev–Trinajstić information content (AvgIpc) is 2.78. The van der Waals surface area contributed by atoms with Crippen molar-refractivity contribution in [2.24, 2.45) is 0 Å². The zero-order chi connectivity index (χ0) is 22.7. The SMILES string of the molecule is Cc1cccc(C(C)C)c1NC(=O)COc1ccc2c(-c3ccccc3)cc(=O)oc2c1. The molecule has 162 valence electrons. The summed E-state index contributed by atoms with van der Waals surface area (Å²) in [7, 11) is 0. The molecule has 1 N–H and O–H groups in total. The Morgan fingerprint density at radius 1 is 1.00 bits per heavy atom. The lowest BCUT2D eigenvalue weighted by Gasteiger charge is -2.16. The number of hydrogen-bond donors (Lipinski definition) is 1. The van der Waals surface area contributed by atoms with Crippen molar-refractivity contribution in [1.29, 1.82) is 0 Å². The number of carbonyl (C=O) groups is 1. The van der Waals surface area contributed by atoms with Crippen LogP contribution < -0.4 is 15.7 Å². The number of anilines is 1. The van der Waals surface area contributed by atoms with Gasteiger partial charge in [0.05, 0.1) is 0 Å². The largest absolute Gasteiger partial charge is 0.484 e. The van der Waals surface area contributed by atoms with Crippen molar-refractivity contribution in [2.45, 2.75) is 26.7 Å². The average molecular weight is 428 g/mol. The van der Waals surface area contributed by atoms with Crippen LogP contribution in [0.3, 0.4) is 0 Å². The molecule has 4 aromatic rings. The molecule has 5 heteroatoms. The standard InChI is InChI=1S/C27H25NO4/c1-17(2)21-11-7-8-18(3)27(21)28-25(29)16-31-20-12-13-22-23(19-9-5-4-6-10-19)15-26(30)32-24(22)14-20/h4-15,17H,16H2,1-3H3,(H,28,29). The quantitative estimate of drug-likeness (QED) is 0.389. The minimum atomic E-state index is -0.438. The number of ether oxygens (including phenoxy) is 1. The van der Waals surface area contributed by atoms with Gasteiger partial charge in [0.1, 0.15) is 11.3 Å². The van der Waals surface area contributed by atoms with E-state index in [4.69, 9.17) is 9.15 Å². The summed E-state index contributed by atoms with van der Waals surface area (Å²) in [6.45, 7) is 6.00. The van der Waals surface area contributed by atoms with Crippen molar-refractivity contribution >= 4 is 22.6 Å². The molecule has 3 aromatic carbocycles. The zero-order valence-corrected chi connectivity index (χ0v) is 18.3. The third kappa shape index (κ3) is 4.57. The van der Waals surface area contributed by atoms with E-state index >= 15 is 0 Å². The van der Waals surface area contributed by atoms with Crippen LogP contribution in [-0.4, -0.2) is 12.5 Å². The fraction of sp³-hybridized carbons (Fsp3) is 0.185. The highest BCUT2D eigenvalue weighted by molar-refractivity contribution is 5.95. The lowest BCUT2D eigenvalue weighted by atomic mass is 9.98. The zero-order valence-electron chi connectivity index (χ0n) is 18.3. The van der Waals surface area contributed by atoms with Crippen molar-refractivity contribution in [2.75, 3.05) is 11.9 Å². The molecular weight excluding hydrogens is 402 g/mol. The van der Waals surface area contributed by atoms with Gasteiger partial charge in [0.15, 0.2) is 6.61 Å². The first-order chi connectivity index (χ1) is 15.4. The highest BCUT2D eigenvalue weighted by Crippen LogP contribution is 2.30. The fourth-order valence-electron chi connectivity index (χ4n) is 3.76. The van der Waals surface area contributed by atoms with E-state index in [1.54, 1.807) is 12.1 Å². The van der Waals surface area contributed by atoms with Gasteiger partial charge in [-0.05, 0) is 47.2 Å². The number of fused-ring (bicyclic) bond motifs is 1. The van der Waals surface area contributed by atoms with E-state index in [1.807, 2.05) is 61.5 Å². The maximum absolute atomic E-state index is 12.6. The van der Waals surface area contributed by atoms with Crippen LogP contribution in [-0.2, 0) is 4.79 Å². The summed E-state index contributed by atoms with van der Waals surface area (Å²) < 4.78 is 11.1. The molecule has 1 heterocycles. The van der Waals surface area contributed by atoms with E-state index < -0.39 is 5.63 Å². The first-order valence-electron chi connectivity index (χ1n) is 10.6. The van der Waals surface area contributed by atoms with Gasteiger partial charge in [-0.25, -0.2) is 4.79 Å². The van der Waals surface area contributed by atoms with E-state index in [9.17, 15) is 9.59 Å². The van der Waals surface area contributed by atoms with E-state index in [0.29, 0.717) is 11.3 Å². The number of carbonyl (C=O) groups excluding carboxylic acids is 1. The molecule has 0 fully saturated rings. The topological polar surface area (TPSA) is 68.5 Å². The Kier molecular flexibility index (Phi) is 6.08. The van der Waals surface area contributed by atoms with Gasteiger partial charge < -0.3 is 14.5 Å². The third-order valence-electron chi connectivity index (χ3n) is 5.36. The number of rotatable bonds is 6. The molecule has 0 radical (unpaired) electrons. The summed E-state index contributed by atoms with van der Waals surface area (Å²) in [5.41, 5.74) is 4.61. The maximum Gasteiger partial charge on any atom is 0.336 e. The number of benzene rings is 3. The van der Waals surface area contributed by atoms with Gasteiger partial charge in [0.2, 0.25) is 0 Å². The third-order valence-corrected chi connectivity index (χ3v) is 5.36. The van der Waals surface area contributed by atoms with Gasteiger partial charge in [-0.2, -0.15) is 0 Å². The number of hydrogen-bond acceptors (Lipinski definition) is 4. The summed E-state index contributed by atoms with van der Waals surface area (Å²) in [6, 6.07) is 22.4. The Hall–Kier alpha value is -3.86. The van der Waals surface area contributed by atoms with E-state index in [1.165, 1.54) is 6.07 Å². The lowest BCUT2D eigenvalue weighted by Crippen LogP contribution is -2.21. The molecule has 0 aliphatic carbocycles. The van der Waals surface area contributed by atoms with Crippen molar-refractivity contribution in [3.05, 3.63) is 94.3 Å². The summed E-state index contributed by atoms with van der Waals surface area (Å²) in [6.07, 6.45) is 0. The van der Waals surface area contributed by atoms with Gasteiger partial charge in [0, 0.05) is 23.2 Å². The van der Waals surface area contributed by atoms with Crippen molar-refractivity contribution in [3.8, 4) is 16.9 Å². The van der Waals surface area contributed by atoms with Crippen LogP contribution in [0.25, 0.3) is 22.1 Å². The monoisotopic (exact) mass is 427 g/mol. The second-order valence-electron chi connectivity index (χ2n) is 8.03. The Morgan fingerprint density at radius 3 is 2.53 bits per heavy atom. The number of para-hydroxylation sites is 1. The molecule has 32 heavy (non-hydrogen) atoms. The first kappa shape index (κ1) is 21.4. The van der Waals surface area contributed by atoms with Crippen LogP contribution >= 0.6 is 0 Å². The smallest absolute Gasteiger partial charge is 0.336 e. The first-order valence-corrected chi connectivity index (χ1v) is 10.6. The Bertz CT molecular complexity index is 1320.